The highest BCUT2D eigenvalue weighted by Gasteiger charge is 2.19. The number of hydrogen-bond donors (Lipinski definition) is 3. The number of amides is 1. The summed E-state index contributed by atoms with van der Waals surface area (Å²) in [5.74, 6) is 1.69. The number of rotatable bonds is 7. The number of ether oxygens (including phenoxy) is 1. The van der Waals surface area contributed by atoms with Crippen LogP contribution in [0, 0.1) is 6.92 Å². The van der Waals surface area contributed by atoms with Gasteiger partial charge in [0.25, 0.3) is 5.91 Å². The van der Waals surface area contributed by atoms with Gasteiger partial charge in [-0.3, -0.25) is 9.48 Å². The second-order valence-corrected chi connectivity index (χ2v) is 7.17. The molecule has 168 valence electrons. The van der Waals surface area contributed by atoms with E-state index in [4.69, 9.17) is 4.74 Å². The monoisotopic (exact) mass is 445 g/mol. The molecule has 3 N–H and O–H groups in total. The first-order valence-corrected chi connectivity index (χ1v) is 10.1. The maximum atomic E-state index is 12.4. The third kappa shape index (κ3) is 4.71. The molecule has 3 aromatic heterocycles. The molecule has 11 nitrogen and oxygen atoms in total. The fourth-order valence-corrected chi connectivity index (χ4v) is 3.15. The third-order valence-electron chi connectivity index (χ3n) is 4.73. The fraction of sp³-hybridized carbons (Fsp3) is 0.182. The van der Waals surface area contributed by atoms with Crippen molar-refractivity contribution in [1.82, 2.24) is 35.3 Å². The maximum Gasteiger partial charge on any atom is 0.273 e. The zero-order valence-electron chi connectivity index (χ0n) is 18.6. The Morgan fingerprint density at radius 2 is 1.88 bits per heavy atom. The first-order chi connectivity index (χ1) is 16.0. The van der Waals surface area contributed by atoms with Gasteiger partial charge in [0.2, 0.25) is 0 Å². The first-order valence-electron chi connectivity index (χ1n) is 10.1. The van der Waals surface area contributed by atoms with Crippen molar-refractivity contribution in [3.8, 4) is 17.1 Å². The lowest BCUT2D eigenvalue weighted by Gasteiger charge is -2.16. The summed E-state index contributed by atoms with van der Waals surface area (Å²) in [6.45, 7) is 1.96. The second-order valence-electron chi connectivity index (χ2n) is 7.17. The van der Waals surface area contributed by atoms with Crippen LogP contribution in [0.1, 0.15) is 16.1 Å². The van der Waals surface area contributed by atoms with E-state index in [0.717, 1.165) is 5.56 Å². The molecule has 11 heteroatoms. The van der Waals surface area contributed by atoms with Crippen molar-refractivity contribution < 1.29 is 9.53 Å². The quantitative estimate of drug-likeness (QED) is 0.393. The number of pyridine rings is 1. The van der Waals surface area contributed by atoms with E-state index in [9.17, 15) is 4.79 Å². The van der Waals surface area contributed by atoms with Crippen LogP contribution in [0.5, 0.6) is 5.75 Å². The molecule has 1 amide bonds. The van der Waals surface area contributed by atoms with Crippen molar-refractivity contribution in [2.24, 2.45) is 7.05 Å². The number of para-hydroxylation sites is 1. The molecule has 0 aliphatic rings. The summed E-state index contributed by atoms with van der Waals surface area (Å²) in [5, 5.41) is 21.5. The van der Waals surface area contributed by atoms with Crippen LogP contribution in [0.2, 0.25) is 0 Å². The van der Waals surface area contributed by atoms with E-state index in [2.05, 4.69) is 41.2 Å². The molecule has 0 saturated carbocycles. The molecule has 1 aromatic carbocycles. The third-order valence-corrected chi connectivity index (χ3v) is 4.73. The number of anilines is 4. The normalized spacial score (nSPS) is 10.5. The fourth-order valence-electron chi connectivity index (χ4n) is 3.15. The minimum Gasteiger partial charge on any atom is -0.494 e. The Bertz CT molecular complexity index is 1290. The zero-order chi connectivity index (χ0) is 23.4. The molecule has 0 radical (unpaired) electrons. The number of carbonyl (C=O) groups is 1. The largest absolute Gasteiger partial charge is 0.494 e. The van der Waals surface area contributed by atoms with Gasteiger partial charge in [-0.25, -0.2) is 9.97 Å². The van der Waals surface area contributed by atoms with E-state index >= 15 is 0 Å². The highest BCUT2D eigenvalue weighted by Crippen LogP contribution is 2.37. The summed E-state index contributed by atoms with van der Waals surface area (Å²) in [5.41, 5.74) is 2.92. The standard InChI is InChI=1S/C22H23N9O2/c1-13-8-9-17(24-11-13)27-18-10-16(19(29-28-18)22(32)23-2)26-15-7-5-6-14(20(15)33-4)21-25-12-31(3)30-21/h5-12H,1-4H3,(H,23,32)(H2,24,26,27,28). The van der Waals surface area contributed by atoms with Crippen molar-refractivity contribution in [1.29, 1.82) is 0 Å². The molecule has 0 bridgehead atoms. The number of carbonyl (C=O) groups excluding carboxylic acids is 1. The Hall–Kier alpha value is -4.54. The SMILES string of the molecule is CNC(=O)c1nnc(Nc2ccc(C)cn2)cc1Nc1cccc(-c2ncn(C)n2)c1OC. The molecule has 0 fully saturated rings. The van der Waals surface area contributed by atoms with Crippen LogP contribution < -0.4 is 20.7 Å². The van der Waals surface area contributed by atoms with Crippen molar-refractivity contribution in [2.75, 3.05) is 24.8 Å². The Morgan fingerprint density at radius 1 is 1.03 bits per heavy atom. The minimum absolute atomic E-state index is 0.128. The van der Waals surface area contributed by atoms with Gasteiger partial charge >= 0.3 is 0 Å². The van der Waals surface area contributed by atoms with E-state index in [1.807, 2.05) is 37.3 Å². The molecule has 0 saturated heterocycles. The summed E-state index contributed by atoms with van der Waals surface area (Å²) >= 11 is 0. The minimum atomic E-state index is -0.383. The smallest absolute Gasteiger partial charge is 0.273 e. The molecule has 4 rings (SSSR count). The number of nitrogens with one attached hydrogen (secondary N) is 3. The topological polar surface area (TPSA) is 132 Å². The predicted molar refractivity (Wildman–Crippen MR) is 124 cm³/mol. The Kier molecular flexibility index (Phi) is 6.11. The van der Waals surface area contributed by atoms with Crippen LogP contribution in [0.4, 0.5) is 23.0 Å². The Labute approximate surface area is 190 Å². The molecular weight excluding hydrogens is 422 g/mol. The number of methoxy groups -OCH3 is 1. The number of hydrogen-bond acceptors (Lipinski definition) is 9. The van der Waals surface area contributed by atoms with Gasteiger partial charge in [0, 0.05) is 26.4 Å². The van der Waals surface area contributed by atoms with Crippen molar-refractivity contribution >= 4 is 28.9 Å². The van der Waals surface area contributed by atoms with E-state index < -0.39 is 0 Å². The van der Waals surface area contributed by atoms with E-state index in [1.165, 1.54) is 7.05 Å². The van der Waals surface area contributed by atoms with Gasteiger partial charge in [-0.15, -0.1) is 10.2 Å². The average molecular weight is 445 g/mol. The number of aryl methyl sites for hydroxylation is 2. The van der Waals surface area contributed by atoms with E-state index in [0.29, 0.717) is 40.1 Å². The highest BCUT2D eigenvalue weighted by atomic mass is 16.5. The second kappa shape index (κ2) is 9.30. The van der Waals surface area contributed by atoms with Crippen LogP contribution in [0.3, 0.4) is 0 Å². The molecule has 3 heterocycles. The maximum absolute atomic E-state index is 12.4. The summed E-state index contributed by atoms with van der Waals surface area (Å²) in [6.07, 6.45) is 3.36. The van der Waals surface area contributed by atoms with Gasteiger partial charge < -0.3 is 20.7 Å². The Morgan fingerprint density at radius 3 is 2.55 bits per heavy atom. The number of nitrogens with zero attached hydrogens (tertiary/aromatic N) is 6. The van der Waals surface area contributed by atoms with Gasteiger partial charge in [-0.05, 0) is 30.7 Å². The molecular formula is C22H23N9O2. The van der Waals surface area contributed by atoms with Crippen LogP contribution in [0.25, 0.3) is 11.4 Å². The molecule has 4 aromatic rings. The van der Waals surface area contributed by atoms with Crippen molar-refractivity contribution in [2.45, 2.75) is 6.92 Å². The molecule has 0 aliphatic carbocycles. The van der Waals surface area contributed by atoms with Gasteiger partial charge in [0.1, 0.15) is 12.1 Å². The predicted octanol–water partition coefficient (Wildman–Crippen LogP) is 2.83. The summed E-state index contributed by atoms with van der Waals surface area (Å²) in [4.78, 5) is 21.1. The molecule has 0 spiro atoms. The van der Waals surface area contributed by atoms with Crippen molar-refractivity contribution in [3.63, 3.8) is 0 Å². The van der Waals surface area contributed by atoms with Crippen LogP contribution in [-0.4, -0.2) is 50.0 Å². The average Bonchev–Trinajstić information content (AvgIpc) is 3.26. The van der Waals surface area contributed by atoms with Gasteiger partial charge in [0.15, 0.2) is 23.1 Å². The van der Waals surface area contributed by atoms with Gasteiger partial charge in [-0.1, -0.05) is 12.1 Å². The van der Waals surface area contributed by atoms with E-state index in [-0.39, 0.29) is 11.6 Å². The number of aromatic nitrogens is 6. The van der Waals surface area contributed by atoms with Gasteiger partial charge in [-0.2, -0.15) is 5.10 Å². The molecule has 0 aliphatic heterocycles. The lowest BCUT2D eigenvalue weighted by molar-refractivity contribution is 0.0958. The zero-order valence-corrected chi connectivity index (χ0v) is 18.6. The van der Waals surface area contributed by atoms with Crippen LogP contribution in [-0.2, 0) is 7.05 Å². The molecule has 0 atom stereocenters. The lowest BCUT2D eigenvalue weighted by Crippen LogP contribution is -2.21. The first kappa shape index (κ1) is 21.7. The Balaban J connectivity index is 1.73. The van der Waals surface area contributed by atoms with Gasteiger partial charge in [0.05, 0.1) is 24.0 Å². The van der Waals surface area contributed by atoms with Crippen LogP contribution in [0.15, 0.2) is 48.9 Å². The lowest BCUT2D eigenvalue weighted by atomic mass is 10.1. The summed E-state index contributed by atoms with van der Waals surface area (Å²) < 4.78 is 7.28. The van der Waals surface area contributed by atoms with Crippen LogP contribution >= 0.6 is 0 Å². The number of benzene rings is 1. The summed E-state index contributed by atoms with van der Waals surface area (Å²) in [6, 6.07) is 11.0. The highest BCUT2D eigenvalue weighted by molar-refractivity contribution is 5.99. The molecule has 33 heavy (non-hydrogen) atoms. The van der Waals surface area contributed by atoms with E-state index in [1.54, 1.807) is 37.4 Å². The summed E-state index contributed by atoms with van der Waals surface area (Å²) in [7, 11) is 4.89. The van der Waals surface area contributed by atoms with Crippen molar-refractivity contribution in [3.05, 3.63) is 60.2 Å². The molecule has 0 unspecified atom stereocenters.